The zero-order chi connectivity index (χ0) is 20.2. The molecule has 1 N–H and O–H groups in total. The van der Waals surface area contributed by atoms with Crippen LogP contribution in [0, 0.1) is 0 Å². The number of carbonyl (C=O) groups excluding carboxylic acids is 1. The second-order valence-corrected chi connectivity index (χ2v) is 8.00. The highest BCUT2D eigenvalue weighted by molar-refractivity contribution is 7.99. The standard InChI is InChI=1S/C20H24N6O2S/c1-3-28-15-6-4-5-14(11-15)12-21-20(27)18-22-17-16(13-25(2)24-17)19(23-18)26-7-9-29-10-8-26/h4-6,11,13H,3,7-10,12H2,1-2H3,(H,21,27). The fraction of sp³-hybridized carbons (Fsp3) is 0.400. The maximum absolute atomic E-state index is 12.8. The van der Waals surface area contributed by atoms with E-state index in [0.717, 1.165) is 47.1 Å². The number of hydrogen-bond acceptors (Lipinski definition) is 7. The molecule has 29 heavy (non-hydrogen) atoms. The minimum absolute atomic E-state index is 0.144. The summed E-state index contributed by atoms with van der Waals surface area (Å²) in [5, 5.41) is 8.18. The van der Waals surface area contributed by atoms with E-state index in [1.165, 1.54) is 0 Å². The van der Waals surface area contributed by atoms with Crippen molar-refractivity contribution in [3.8, 4) is 5.75 Å². The van der Waals surface area contributed by atoms with E-state index in [9.17, 15) is 4.79 Å². The fourth-order valence-electron chi connectivity index (χ4n) is 3.29. The Labute approximate surface area is 173 Å². The molecule has 4 rings (SSSR count). The number of nitrogens with zero attached hydrogens (tertiary/aromatic N) is 5. The lowest BCUT2D eigenvalue weighted by molar-refractivity contribution is 0.0941. The second kappa shape index (κ2) is 8.69. The van der Waals surface area contributed by atoms with Crippen LogP contribution in [0.25, 0.3) is 11.0 Å². The molecule has 3 heterocycles. The first-order chi connectivity index (χ1) is 14.1. The van der Waals surface area contributed by atoms with E-state index >= 15 is 0 Å². The maximum Gasteiger partial charge on any atom is 0.289 e. The van der Waals surface area contributed by atoms with Crippen molar-refractivity contribution in [1.29, 1.82) is 0 Å². The summed E-state index contributed by atoms with van der Waals surface area (Å²) in [6.07, 6.45) is 1.91. The van der Waals surface area contributed by atoms with Crippen LogP contribution in [-0.2, 0) is 13.6 Å². The Morgan fingerprint density at radius 2 is 2.10 bits per heavy atom. The summed E-state index contributed by atoms with van der Waals surface area (Å²) >= 11 is 1.93. The third-order valence-corrected chi connectivity index (χ3v) is 5.59. The molecule has 0 spiro atoms. The summed E-state index contributed by atoms with van der Waals surface area (Å²) in [5.41, 5.74) is 1.50. The van der Waals surface area contributed by atoms with Crippen molar-refractivity contribution in [2.75, 3.05) is 36.1 Å². The molecule has 1 aliphatic rings. The van der Waals surface area contributed by atoms with Crippen LogP contribution < -0.4 is 15.0 Å². The van der Waals surface area contributed by atoms with Crippen LogP contribution in [0.4, 0.5) is 5.82 Å². The smallest absolute Gasteiger partial charge is 0.289 e. The van der Waals surface area contributed by atoms with Crippen molar-refractivity contribution in [3.63, 3.8) is 0 Å². The summed E-state index contributed by atoms with van der Waals surface area (Å²) in [6, 6.07) is 7.68. The van der Waals surface area contributed by atoms with E-state index < -0.39 is 0 Å². The second-order valence-electron chi connectivity index (χ2n) is 6.77. The molecule has 2 aromatic heterocycles. The summed E-state index contributed by atoms with van der Waals surface area (Å²) in [7, 11) is 1.85. The molecule has 9 heteroatoms. The molecule has 0 atom stereocenters. The first-order valence-electron chi connectivity index (χ1n) is 9.68. The number of nitrogens with one attached hydrogen (secondary N) is 1. The van der Waals surface area contributed by atoms with E-state index in [2.05, 4.69) is 25.3 Å². The highest BCUT2D eigenvalue weighted by Crippen LogP contribution is 2.25. The predicted molar refractivity (Wildman–Crippen MR) is 115 cm³/mol. The van der Waals surface area contributed by atoms with Crippen LogP contribution in [-0.4, -0.2) is 56.9 Å². The van der Waals surface area contributed by atoms with Gasteiger partial charge in [-0.3, -0.25) is 9.48 Å². The maximum atomic E-state index is 12.8. The van der Waals surface area contributed by atoms with Gasteiger partial charge in [0.25, 0.3) is 5.91 Å². The number of anilines is 1. The number of thioether (sulfide) groups is 1. The zero-order valence-electron chi connectivity index (χ0n) is 16.6. The highest BCUT2D eigenvalue weighted by atomic mass is 32.2. The van der Waals surface area contributed by atoms with Gasteiger partial charge in [0, 0.05) is 44.4 Å². The molecule has 1 aromatic carbocycles. The van der Waals surface area contributed by atoms with E-state index in [1.54, 1.807) is 4.68 Å². The first-order valence-corrected chi connectivity index (χ1v) is 10.8. The number of aromatic nitrogens is 4. The van der Waals surface area contributed by atoms with Gasteiger partial charge in [0.15, 0.2) is 5.65 Å². The Morgan fingerprint density at radius 1 is 1.28 bits per heavy atom. The molecular formula is C20H24N6O2S. The number of hydrogen-bond donors (Lipinski definition) is 1. The Balaban J connectivity index is 1.56. The minimum atomic E-state index is -0.313. The molecule has 0 unspecified atom stereocenters. The average Bonchev–Trinajstić information content (AvgIpc) is 3.12. The number of amides is 1. The van der Waals surface area contributed by atoms with Gasteiger partial charge in [-0.1, -0.05) is 12.1 Å². The van der Waals surface area contributed by atoms with Gasteiger partial charge in [-0.15, -0.1) is 0 Å². The molecule has 1 amide bonds. The summed E-state index contributed by atoms with van der Waals surface area (Å²) < 4.78 is 7.23. The molecule has 0 radical (unpaired) electrons. The molecule has 0 aliphatic carbocycles. The van der Waals surface area contributed by atoms with Crippen LogP contribution in [0.3, 0.4) is 0 Å². The molecule has 0 saturated carbocycles. The van der Waals surface area contributed by atoms with Gasteiger partial charge in [0.05, 0.1) is 12.0 Å². The van der Waals surface area contributed by atoms with Crippen molar-refractivity contribution in [2.24, 2.45) is 7.05 Å². The monoisotopic (exact) mass is 412 g/mol. The number of rotatable bonds is 6. The molecule has 8 nitrogen and oxygen atoms in total. The molecule has 0 bridgehead atoms. The highest BCUT2D eigenvalue weighted by Gasteiger charge is 2.21. The summed E-state index contributed by atoms with van der Waals surface area (Å²) in [5.74, 6) is 3.49. The van der Waals surface area contributed by atoms with Gasteiger partial charge >= 0.3 is 0 Å². The molecule has 152 valence electrons. The van der Waals surface area contributed by atoms with Crippen LogP contribution in [0.1, 0.15) is 23.1 Å². The van der Waals surface area contributed by atoms with E-state index in [1.807, 2.05) is 56.2 Å². The lowest BCUT2D eigenvalue weighted by atomic mass is 10.2. The fourth-order valence-corrected chi connectivity index (χ4v) is 4.20. The number of aryl methyl sites for hydroxylation is 1. The van der Waals surface area contributed by atoms with Crippen molar-refractivity contribution in [1.82, 2.24) is 25.1 Å². The molecular weight excluding hydrogens is 388 g/mol. The zero-order valence-corrected chi connectivity index (χ0v) is 17.4. The van der Waals surface area contributed by atoms with Gasteiger partial charge in [-0.05, 0) is 24.6 Å². The third-order valence-electron chi connectivity index (χ3n) is 4.65. The molecule has 1 aliphatic heterocycles. The van der Waals surface area contributed by atoms with E-state index in [0.29, 0.717) is 18.8 Å². The summed E-state index contributed by atoms with van der Waals surface area (Å²) in [6.45, 7) is 4.72. The van der Waals surface area contributed by atoms with E-state index in [4.69, 9.17) is 4.74 Å². The van der Waals surface area contributed by atoms with Gasteiger partial charge in [0.1, 0.15) is 11.6 Å². The Bertz CT molecular complexity index is 1020. The van der Waals surface area contributed by atoms with Gasteiger partial charge in [-0.2, -0.15) is 16.9 Å². The number of fused-ring (bicyclic) bond motifs is 1. The van der Waals surface area contributed by atoms with Crippen LogP contribution >= 0.6 is 11.8 Å². The largest absolute Gasteiger partial charge is 0.494 e. The number of benzene rings is 1. The van der Waals surface area contributed by atoms with Gasteiger partial charge < -0.3 is 15.0 Å². The van der Waals surface area contributed by atoms with Crippen molar-refractivity contribution in [3.05, 3.63) is 41.9 Å². The minimum Gasteiger partial charge on any atom is -0.494 e. The Kier molecular flexibility index (Phi) is 5.84. The van der Waals surface area contributed by atoms with Crippen LogP contribution in [0.15, 0.2) is 30.5 Å². The number of carbonyl (C=O) groups is 1. The van der Waals surface area contributed by atoms with E-state index in [-0.39, 0.29) is 11.7 Å². The Hall–Kier alpha value is -2.81. The van der Waals surface area contributed by atoms with Crippen LogP contribution in [0.5, 0.6) is 5.75 Å². The molecule has 1 fully saturated rings. The summed E-state index contributed by atoms with van der Waals surface area (Å²) in [4.78, 5) is 24.0. The lowest BCUT2D eigenvalue weighted by Crippen LogP contribution is -2.34. The SMILES string of the molecule is CCOc1cccc(CNC(=O)c2nc(N3CCSCC3)c3cn(C)nc3n2)c1. The van der Waals surface area contributed by atoms with Crippen molar-refractivity contribution in [2.45, 2.75) is 13.5 Å². The first kappa shape index (κ1) is 19.5. The van der Waals surface area contributed by atoms with Gasteiger partial charge in [0.2, 0.25) is 5.82 Å². The normalized spacial score (nSPS) is 14.2. The van der Waals surface area contributed by atoms with Crippen LogP contribution in [0.2, 0.25) is 0 Å². The van der Waals surface area contributed by atoms with Crippen molar-refractivity contribution >= 4 is 34.5 Å². The third kappa shape index (κ3) is 4.45. The lowest BCUT2D eigenvalue weighted by Gasteiger charge is -2.27. The van der Waals surface area contributed by atoms with Crippen molar-refractivity contribution < 1.29 is 9.53 Å². The quantitative estimate of drug-likeness (QED) is 0.665. The predicted octanol–water partition coefficient (Wildman–Crippen LogP) is 2.25. The number of ether oxygens (including phenoxy) is 1. The topological polar surface area (TPSA) is 85.2 Å². The average molecular weight is 413 g/mol. The molecule has 3 aromatic rings. The van der Waals surface area contributed by atoms with Gasteiger partial charge in [-0.25, -0.2) is 9.97 Å². The Morgan fingerprint density at radius 3 is 2.90 bits per heavy atom. The molecule has 1 saturated heterocycles.